The van der Waals surface area contributed by atoms with Crippen LogP contribution in [0, 0.1) is 0 Å². The summed E-state index contributed by atoms with van der Waals surface area (Å²) in [4.78, 5) is 31.8. The Balaban J connectivity index is 1.33. The molecule has 40 heavy (non-hydrogen) atoms. The van der Waals surface area contributed by atoms with Gasteiger partial charge in [-0.15, -0.1) is 0 Å². The van der Waals surface area contributed by atoms with Gasteiger partial charge < -0.3 is 0 Å². The van der Waals surface area contributed by atoms with E-state index in [0.29, 0.717) is 36.7 Å². The van der Waals surface area contributed by atoms with E-state index in [1.54, 1.807) is 24.3 Å². The summed E-state index contributed by atoms with van der Waals surface area (Å²) in [5, 5.41) is 0. The second-order valence-electron chi connectivity index (χ2n) is 11.3. The molecule has 2 amide bonds. The van der Waals surface area contributed by atoms with E-state index in [4.69, 9.17) is 18.6 Å². The van der Waals surface area contributed by atoms with Crippen LogP contribution >= 0.6 is 24.5 Å². The Bertz CT molecular complexity index is 1340. The number of carbonyl (C=O) groups excluding carboxylic acids is 2. The molecule has 218 valence electrons. The molecule has 2 atom stereocenters. The van der Waals surface area contributed by atoms with Crippen LogP contribution < -0.4 is 4.74 Å². The zero-order chi connectivity index (χ0) is 29.1. The minimum absolute atomic E-state index is 0.126. The van der Waals surface area contributed by atoms with Crippen LogP contribution in [0.3, 0.4) is 0 Å². The van der Waals surface area contributed by atoms with Crippen LogP contribution in [0.1, 0.15) is 39.9 Å². The van der Waals surface area contributed by atoms with Gasteiger partial charge in [0.1, 0.15) is 0 Å². The maximum atomic E-state index is 12.9. The zero-order valence-electron chi connectivity index (χ0n) is 24.3. The summed E-state index contributed by atoms with van der Waals surface area (Å²) in [5.41, 5.74) is 2.62. The molecule has 0 saturated carbocycles. The van der Waals surface area contributed by atoms with Crippen molar-refractivity contribution in [1.29, 1.82) is 0 Å². The van der Waals surface area contributed by atoms with Crippen molar-refractivity contribution in [2.24, 2.45) is 0 Å². The topological polar surface area (TPSA) is 82.9 Å². The Labute approximate surface area is 241 Å². The van der Waals surface area contributed by atoms with Crippen molar-refractivity contribution < 1.29 is 27.6 Å². The van der Waals surface area contributed by atoms with Crippen molar-refractivity contribution in [1.82, 2.24) is 14.5 Å². The Hall–Kier alpha value is -1.98. The van der Waals surface area contributed by atoms with Crippen LogP contribution in [0.4, 0.5) is 0 Å². The Morgan fingerprint density at radius 3 is 2.35 bits per heavy atom. The van der Waals surface area contributed by atoms with E-state index in [1.165, 1.54) is 4.90 Å². The molecule has 0 N–H and O–H groups in total. The third-order valence-corrected chi connectivity index (χ3v) is 13.2. The molecule has 0 bridgehead atoms. The van der Waals surface area contributed by atoms with Gasteiger partial charge in [0, 0.05) is 0 Å². The van der Waals surface area contributed by atoms with Crippen molar-refractivity contribution in [3.05, 3.63) is 59.4 Å². The summed E-state index contributed by atoms with van der Waals surface area (Å²) < 4.78 is 21.2. The number of ether oxygens (including phenoxy) is 1. The first kappa shape index (κ1) is 31.0. The first-order chi connectivity index (χ1) is 18.9. The van der Waals surface area contributed by atoms with E-state index in [2.05, 4.69) is 36.7 Å². The molecule has 1 aliphatic heterocycles. The summed E-state index contributed by atoms with van der Waals surface area (Å²) in [7, 11) is 6.56. The van der Waals surface area contributed by atoms with Gasteiger partial charge in [0.25, 0.3) is 0 Å². The Kier molecular flexibility index (Phi) is 9.99. The SMILES string of the molecule is CCn1c(CN2C(=O)c3ccccc3C2=O)nc2ccc(OCCC[PH](C)(P)OP(C)OCC[N+](C)(C)C)cc21. The van der Waals surface area contributed by atoms with Gasteiger partial charge in [0.05, 0.1) is 11.1 Å². The minimum atomic E-state index is -1.95. The number of amides is 2. The van der Waals surface area contributed by atoms with Gasteiger partial charge in [-0.25, -0.2) is 0 Å². The number of hydrogen-bond acceptors (Lipinski definition) is 6. The maximum absolute atomic E-state index is 12.9. The first-order valence-corrected chi connectivity index (χ1v) is 19.7. The molecule has 0 spiro atoms. The van der Waals surface area contributed by atoms with Crippen LogP contribution in [0.25, 0.3) is 11.0 Å². The normalized spacial score (nSPS) is 15.1. The van der Waals surface area contributed by atoms with E-state index in [1.807, 2.05) is 36.4 Å². The molecule has 1 aliphatic rings. The van der Waals surface area contributed by atoms with Crippen LogP contribution in [-0.4, -0.2) is 91.1 Å². The summed E-state index contributed by atoms with van der Waals surface area (Å²) in [6.45, 7) is 9.26. The molecule has 0 saturated heterocycles. The van der Waals surface area contributed by atoms with Crippen molar-refractivity contribution in [3.8, 4) is 5.75 Å². The third kappa shape index (κ3) is 7.64. The van der Waals surface area contributed by atoms with Crippen LogP contribution in [0.5, 0.6) is 5.75 Å². The number of quaternary nitrogens is 1. The number of aromatic nitrogens is 2. The monoisotopic (exact) mass is 607 g/mol. The first-order valence-electron chi connectivity index (χ1n) is 13.6. The number of fused-ring (bicyclic) bond motifs is 2. The Morgan fingerprint density at radius 1 is 1.05 bits per heavy atom. The number of hydrogen-bond donors (Lipinski definition) is 0. The van der Waals surface area contributed by atoms with Crippen molar-refractivity contribution >= 4 is 47.3 Å². The average molecular weight is 608 g/mol. The summed E-state index contributed by atoms with van der Waals surface area (Å²) in [6, 6.07) is 12.8. The molecule has 2 heterocycles. The average Bonchev–Trinajstić information content (AvgIpc) is 3.35. The standard InChI is InChI=1S/C28H42N4O5P3/c1-7-30-25-19-21(35-16-10-18-40(6,38)37-39(5)36-17-15-32(2,3)4)13-14-24(25)29-26(30)20-31-27(33)22-11-8-9-12-23(22)28(31)34/h8-9,11-14,19,40H,7,10,15-18,20,38H2,1-6H3/q+1. The number of rotatable bonds is 14. The third-order valence-electron chi connectivity index (χ3n) is 6.75. The van der Waals surface area contributed by atoms with Gasteiger partial charge in [-0.05, 0) is 12.1 Å². The summed E-state index contributed by atoms with van der Waals surface area (Å²) in [5.74, 6) is 0.883. The molecule has 3 aromatic rings. The van der Waals surface area contributed by atoms with Gasteiger partial charge in [0.15, 0.2) is 0 Å². The van der Waals surface area contributed by atoms with E-state index in [-0.39, 0.29) is 18.4 Å². The fraction of sp³-hybridized carbons (Fsp3) is 0.464. The molecule has 4 rings (SSSR count). The number of aryl methyl sites for hydroxylation is 1. The molecular weight excluding hydrogens is 565 g/mol. The molecule has 0 aliphatic carbocycles. The van der Waals surface area contributed by atoms with Crippen molar-refractivity contribution in [2.75, 3.05) is 60.4 Å². The fourth-order valence-corrected chi connectivity index (χ4v) is 10.7. The second kappa shape index (κ2) is 12.9. The molecule has 1 aromatic heterocycles. The number of carbonyl (C=O) groups is 2. The van der Waals surface area contributed by atoms with Crippen LogP contribution in [0.2, 0.25) is 0 Å². The molecule has 0 radical (unpaired) electrons. The van der Waals surface area contributed by atoms with Gasteiger partial charge in [0.2, 0.25) is 0 Å². The number of nitrogens with zero attached hydrogens (tertiary/aromatic N) is 4. The van der Waals surface area contributed by atoms with E-state index in [9.17, 15) is 9.59 Å². The number of imidazole rings is 1. The quantitative estimate of drug-likeness (QED) is 0.106. The van der Waals surface area contributed by atoms with Crippen LogP contribution in [-0.2, 0) is 21.9 Å². The fourth-order valence-electron chi connectivity index (χ4n) is 4.66. The summed E-state index contributed by atoms with van der Waals surface area (Å²) >= 11 is 0. The van der Waals surface area contributed by atoms with E-state index < -0.39 is 15.6 Å². The molecule has 12 heteroatoms. The van der Waals surface area contributed by atoms with Gasteiger partial charge in [-0.3, -0.25) is 9.59 Å². The molecule has 0 fully saturated rings. The Morgan fingerprint density at radius 2 is 1.73 bits per heavy atom. The van der Waals surface area contributed by atoms with Crippen molar-refractivity contribution in [3.63, 3.8) is 0 Å². The van der Waals surface area contributed by atoms with Gasteiger partial charge in [-0.1, -0.05) is 12.1 Å². The van der Waals surface area contributed by atoms with Gasteiger partial charge in [-0.2, -0.15) is 0 Å². The number of likely N-dealkylation sites (N-methyl/N-ethyl adjacent to an activating group) is 1. The van der Waals surface area contributed by atoms with Crippen LogP contribution in [0.15, 0.2) is 42.5 Å². The number of imide groups is 1. The summed E-state index contributed by atoms with van der Waals surface area (Å²) in [6.07, 6.45) is 1.83. The predicted octanol–water partition coefficient (Wildman–Crippen LogP) is 5.39. The van der Waals surface area contributed by atoms with Crippen molar-refractivity contribution in [2.45, 2.75) is 26.4 Å². The zero-order valence-corrected chi connectivity index (χ0v) is 27.4. The predicted molar refractivity (Wildman–Crippen MR) is 168 cm³/mol. The molecule has 2 aromatic carbocycles. The molecule has 2 unspecified atom stereocenters. The van der Waals surface area contributed by atoms with Gasteiger partial charge >= 0.3 is 196 Å². The van der Waals surface area contributed by atoms with E-state index in [0.717, 1.165) is 40.4 Å². The van der Waals surface area contributed by atoms with E-state index >= 15 is 0 Å². The molecular formula is C28H42N4O5P3+. The molecule has 9 nitrogen and oxygen atoms in total. The number of benzene rings is 2. The second-order valence-corrected chi connectivity index (χ2v) is 20.0.